The van der Waals surface area contributed by atoms with Gasteiger partial charge in [0.2, 0.25) is 0 Å². The van der Waals surface area contributed by atoms with Gasteiger partial charge in [0.1, 0.15) is 5.75 Å². The minimum Gasteiger partial charge on any atom is -0.497 e. The Hall–Kier alpha value is -1.96. The SMILES string of the molecule is CNc1cc(OC)ccc1[C@@H]1CCc2cc(C)ccc2C1. The Balaban J connectivity index is 1.90. The second-order valence-corrected chi connectivity index (χ2v) is 5.92. The molecule has 0 heterocycles. The van der Waals surface area contributed by atoms with E-state index in [0.717, 1.165) is 12.2 Å². The lowest BCUT2D eigenvalue weighted by atomic mass is 9.79. The maximum Gasteiger partial charge on any atom is 0.120 e. The van der Waals surface area contributed by atoms with Crippen molar-refractivity contribution in [3.63, 3.8) is 0 Å². The molecule has 0 aromatic heterocycles. The predicted molar refractivity (Wildman–Crippen MR) is 88.5 cm³/mol. The van der Waals surface area contributed by atoms with Crippen LogP contribution < -0.4 is 10.1 Å². The molecule has 21 heavy (non-hydrogen) atoms. The van der Waals surface area contributed by atoms with Crippen LogP contribution >= 0.6 is 0 Å². The Morgan fingerprint density at radius 3 is 2.71 bits per heavy atom. The van der Waals surface area contributed by atoms with E-state index in [4.69, 9.17) is 4.74 Å². The number of aryl methyl sites for hydroxylation is 2. The van der Waals surface area contributed by atoms with Gasteiger partial charge in [0, 0.05) is 18.8 Å². The van der Waals surface area contributed by atoms with Crippen molar-refractivity contribution in [2.24, 2.45) is 0 Å². The molecule has 1 atom stereocenters. The Bertz CT molecular complexity index is 648. The molecule has 0 fully saturated rings. The summed E-state index contributed by atoms with van der Waals surface area (Å²) in [6.45, 7) is 2.18. The van der Waals surface area contributed by atoms with E-state index in [9.17, 15) is 0 Å². The monoisotopic (exact) mass is 281 g/mol. The van der Waals surface area contributed by atoms with Gasteiger partial charge >= 0.3 is 0 Å². The zero-order valence-corrected chi connectivity index (χ0v) is 13.1. The molecule has 2 aromatic rings. The highest BCUT2D eigenvalue weighted by molar-refractivity contribution is 5.57. The zero-order chi connectivity index (χ0) is 14.8. The molecule has 1 aliphatic carbocycles. The van der Waals surface area contributed by atoms with Crippen molar-refractivity contribution in [2.75, 3.05) is 19.5 Å². The fourth-order valence-corrected chi connectivity index (χ4v) is 3.38. The van der Waals surface area contributed by atoms with Gasteiger partial charge in [-0.3, -0.25) is 0 Å². The van der Waals surface area contributed by atoms with Crippen LogP contribution in [0.15, 0.2) is 36.4 Å². The first kappa shape index (κ1) is 14.0. The van der Waals surface area contributed by atoms with Crippen molar-refractivity contribution < 1.29 is 4.74 Å². The summed E-state index contributed by atoms with van der Waals surface area (Å²) >= 11 is 0. The fraction of sp³-hybridized carbons (Fsp3) is 0.368. The summed E-state index contributed by atoms with van der Waals surface area (Å²) in [6.07, 6.45) is 3.53. The molecule has 2 aromatic carbocycles. The van der Waals surface area contributed by atoms with Crippen molar-refractivity contribution in [2.45, 2.75) is 32.1 Å². The van der Waals surface area contributed by atoms with E-state index in [2.05, 4.69) is 48.6 Å². The number of hydrogen-bond donors (Lipinski definition) is 1. The molecule has 1 N–H and O–H groups in total. The Morgan fingerprint density at radius 2 is 1.95 bits per heavy atom. The molecule has 3 rings (SSSR count). The molecule has 0 amide bonds. The third-order valence-electron chi connectivity index (χ3n) is 4.56. The fourth-order valence-electron chi connectivity index (χ4n) is 3.38. The molecule has 0 bridgehead atoms. The normalized spacial score (nSPS) is 17.2. The third kappa shape index (κ3) is 2.76. The minimum atomic E-state index is 0.591. The minimum absolute atomic E-state index is 0.591. The van der Waals surface area contributed by atoms with Crippen molar-refractivity contribution >= 4 is 5.69 Å². The molecule has 0 spiro atoms. The van der Waals surface area contributed by atoms with Crippen molar-refractivity contribution in [3.05, 3.63) is 58.7 Å². The Kier molecular flexibility index (Phi) is 3.87. The van der Waals surface area contributed by atoms with E-state index in [0.29, 0.717) is 5.92 Å². The van der Waals surface area contributed by atoms with Gasteiger partial charge in [-0.25, -0.2) is 0 Å². The lowest BCUT2D eigenvalue weighted by Crippen LogP contribution is -2.14. The average Bonchev–Trinajstić information content (AvgIpc) is 2.53. The largest absolute Gasteiger partial charge is 0.497 e. The number of anilines is 1. The molecule has 0 aliphatic heterocycles. The number of fused-ring (bicyclic) bond motifs is 1. The molecule has 0 unspecified atom stereocenters. The van der Waals surface area contributed by atoms with Crippen LogP contribution in [0.3, 0.4) is 0 Å². The number of benzene rings is 2. The van der Waals surface area contributed by atoms with Gasteiger partial charge < -0.3 is 10.1 Å². The summed E-state index contributed by atoms with van der Waals surface area (Å²) in [5.41, 5.74) is 7.01. The quantitative estimate of drug-likeness (QED) is 0.904. The Morgan fingerprint density at radius 1 is 1.10 bits per heavy atom. The first-order valence-corrected chi connectivity index (χ1v) is 7.65. The first-order chi connectivity index (χ1) is 10.2. The van der Waals surface area contributed by atoms with E-state index in [-0.39, 0.29) is 0 Å². The molecule has 0 saturated heterocycles. The number of hydrogen-bond acceptors (Lipinski definition) is 2. The number of nitrogens with one attached hydrogen (secondary N) is 1. The smallest absolute Gasteiger partial charge is 0.120 e. The van der Waals surface area contributed by atoms with Gasteiger partial charge in [-0.1, -0.05) is 29.8 Å². The standard InChI is InChI=1S/C19H23NO/c1-13-4-5-15-11-16(7-6-14(15)10-13)18-9-8-17(21-3)12-19(18)20-2/h4-5,8-10,12,16,20H,6-7,11H2,1-3H3/t16-/m1/s1. The number of rotatable bonds is 3. The third-order valence-corrected chi connectivity index (χ3v) is 4.56. The topological polar surface area (TPSA) is 21.3 Å². The zero-order valence-electron chi connectivity index (χ0n) is 13.1. The van der Waals surface area contributed by atoms with Crippen LogP contribution in [0.2, 0.25) is 0 Å². The lowest BCUT2D eigenvalue weighted by molar-refractivity contribution is 0.414. The maximum atomic E-state index is 5.33. The summed E-state index contributed by atoms with van der Waals surface area (Å²) in [6, 6.07) is 13.3. The molecular weight excluding hydrogens is 258 g/mol. The van der Waals surface area contributed by atoms with Crippen LogP contribution in [0.5, 0.6) is 5.75 Å². The van der Waals surface area contributed by atoms with E-state index < -0.39 is 0 Å². The summed E-state index contributed by atoms with van der Waals surface area (Å²) < 4.78 is 5.33. The van der Waals surface area contributed by atoms with Crippen LogP contribution in [0.1, 0.15) is 34.6 Å². The van der Waals surface area contributed by atoms with Crippen molar-refractivity contribution in [1.29, 1.82) is 0 Å². The highest BCUT2D eigenvalue weighted by Crippen LogP contribution is 2.37. The van der Waals surface area contributed by atoms with Crippen LogP contribution in [-0.4, -0.2) is 14.2 Å². The van der Waals surface area contributed by atoms with Crippen LogP contribution in [-0.2, 0) is 12.8 Å². The van der Waals surface area contributed by atoms with E-state index in [1.807, 2.05) is 7.05 Å². The van der Waals surface area contributed by atoms with Crippen LogP contribution in [0.25, 0.3) is 0 Å². The lowest BCUT2D eigenvalue weighted by Gasteiger charge is -2.27. The average molecular weight is 281 g/mol. The summed E-state index contributed by atoms with van der Waals surface area (Å²) in [5.74, 6) is 1.50. The van der Waals surface area contributed by atoms with Gasteiger partial charge in [0.15, 0.2) is 0 Å². The van der Waals surface area contributed by atoms with Gasteiger partial charge in [0.05, 0.1) is 7.11 Å². The second kappa shape index (κ2) is 5.80. The van der Waals surface area contributed by atoms with E-state index >= 15 is 0 Å². The second-order valence-electron chi connectivity index (χ2n) is 5.92. The molecule has 2 nitrogen and oxygen atoms in total. The van der Waals surface area contributed by atoms with Crippen LogP contribution in [0.4, 0.5) is 5.69 Å². The van der Waals surface area contributed by atoms with Gasteiger partial charge in [0.25, 0.3) is 0 Å². The molecule has 0 saturated carbocycles. The number of ether oxygens (including phenoxy) is 1. The molecule has 1 aliphatic rings. The van der Waals surface area contributed by atoms with E-state index in [1.54, 1.807) is 7.11 Å². The van der Waals surface area contributed by atoms with Gasteiger partial charge in [-0.05, 0) is 54.9 Å². The number of methoxy groups -OCH3 is 1. The molecular formula is C19H23NO. The molecule has 110 valence electrons. The summed E-state index contributed by atoms with van der Waals surface area (Å²) in [7, 11) is 3.70. The highest BCUT2D eigenvalue weighted by Gasteiger charge is 2.22. The summed E-state index contributed by atoms with van der Waals surface area (Å²) in [5, 5.41) is 3.32. The van der Waals surface area contributed by atoms with Gasteiger partial charge in [-0.2, -0.15) is 0 Å². The maximum absolute atomic E-state index is 5.33. The highest BCUT2D eigenvalue weighted by atomic mass is 16.5. The van der Waals surface area contributed by atoms with Crippen molar-refractivity contribution in [1.82, 2.24) is 0 Å². The van der Waals surface area contributed by atoms with Crippen molar-refractivity contribution in [3.8, 4) is 5.75 Å². The van der Waals surface area contributed by atoms with E-state index in [1.165, 1.54) is 40.8 Å². The molecule has 0 radical (unpaired) electrons. The predicted octanol–water partition coefficient (Wildman–Crippen LogP) is 4.32. The summed E-state index contributed by atoms with van der Waals surface area (Å²) in [4.78, 5) is 0. The molecule has 2 heteroatoms. The Labute approximate surface area is 127 Å². The van der Waals surface area contributed by atoms with Crippen LogP contribution in [0, 0.1) is 6.92 Å². The van der Waals surface area contributed by atoms with Gasteiger partial charge in [-0.15, -0.1) is 0 Å². The first-order valence-electron chi connectivity index (χ1n) is 7.65.